The van der Waals surface area contributed by atoms with E-state index in [1.54, 1.807) is 6.26 Å². The number of hydrogen-bond donors (Lipinski definition) is 2. The lowest BCUT2D eigenvalue weighted by molar-refractivity contribution is 0.480. The highest BCUT2D eigenvalue weighted by molar-refractivity contribution is 5.58. The summed E-state index contributed by atoms with van der Waals surface area (Å²) in [6, 6.07) is 2.40. The number of aromatic amines is 1. The van der Waals surface area contributed by atoms with Gasteiger partial charge in [-0.3, -0.25) is 5.10 Å². The van der Waals surface area contributed by atoms with Crippen LogP contribution in [-0.4, -0.2) is 40.9 Å². The quantitative estimate of drug-likeness (QED) is 0.874. The summed E-state index contributed by atoms with van der Waals surface area (Å²) in [6.45, 7) is 7.08. The normalized spacial score (nSPS) is 19.9. The monoisotopic (exact) mass is 261 g/mol. The predicted molar refractivity (Wildman–Crippen MR) is 73.1 cm³/mol. The zero-order chi connectivity index (χ0) is 13.2. The Labute approximate surface area is 112 Å². The molecule has 0 aliphatic carbocycles. The molecular weight excluding hydrogens is 242 g/mol. The van der Waals surface area contributed by atoms with Crippen LogP contribution in [0.5, 0.6) is 0 Å². The van der Waals surface area contributed by atoms with Crippen molar-refractivity contribution < 1.29 is 4.42 Å². The molecule has 1 atom stereocenters. The zero-order valence-corrected chi connectivity index (χ0v) is 11.3. The van der Waals surface area contributed by atoms with E-state index >= 15 is 0 Å². The van der Waals surface area contributed by atoms with Gasteiger partial charge in [-0.2, -0.15) is 4.98 Å². The average Bonchev–Trinajstić information content (AvgIpc) is 3.07. The zero-order valence-electron chi connectivity index (χ0n) is 11.3. The van der Waals surface area contributed by atoms with E-state index in [0.29, 0.717) is 6.04 Å². The Hall–Kier alpha value is -1.82. The number of anilines is 1. The Balaban J connectivity index is 1.83. The molecule has 0 bridgehead atoms. The third kappa shape index (κ3) is 2.35. The molecule has 2 aromatic heterocycles. The van der Waals surface area contributed by atoms with E-state index in [2.05, 4.69) is 39.2 Å². The van der Waals surface area contributed by atoms with Crippen molar-refractivity contribution in [3.05, 3.63) is 18.1 Å². The van der Waals surface area contributed by atoms with Crippen LogP contribution in [0.4, 0.5) is 5.95 Å². The number of nitrogens with one attached hydrogen (secondary N) is 2. The number of aryl methyl sites for hydroxylation is 1. The van der Waals surface area contributed by atoms with Gasteiger partial charge in [0.25, 0.3) is 0 Å². The molecule has 2 N–H and O–H groups in total. The molecule has 0 unspecified atom stereocenters. The average molecular weight is 261 g/mol. The highest BCUT2D eigenvalue weighted by atomic mass is 16.3. The van der Waals surface area contributed by atoms with Gasteiger partial charge in [-0.1, -0.05) is 6.92 Å². The van der Waals surface area contributed by atoms with E-state index in [-0.39, 0.29) is 0 Å². The lowest BCUT2D eigenvalue weighted by Gasteiger charge is -2.30. The minimum absolute atomic E-state index is 0.468. The van der Waals surface area contributed by atoms with Crippen LogP contribution in [0.15, 0.2) is 16.7 Å². The molecule has 0 radical (unpaired) electrons. The molecule has 2 aromatic rings. The van der Waals surface area contributed by atoms with Crippen molar-refractivity contribution >= 4 is 5.95 Å². The Kier molecular flexibility index (Phi) is 3.25. The van der Waals surface area contributed by atoms with Gasteiger partial charge in [0.1, 0.15) is 5.76 Å². The standard InChI is InChI=1S/C13H19N5O/c1-3-11-10(4-7-19-11)12-15-13(17-16-12)18-6-5-14-9(2)8-18/h4,7,9,14H,3,5-6,8H2,1-2H3,(H,15,16,17)/t9-/m0/s1. The number of H-pyrrole nitrogens is 1. The molecule has 0 amide bonds. The molecule has 0 aromatic carbocycles. The third-order valence-electron chi connectivity index (χ3n) is 3.45. The lowest BCUT2D eigenvalue weighted by atomic mass is 10.2. The first kappa shape index (κ1) is 12.2. The van der Waals surface area contributed by atoms with Crippen LogP contribution >= 0.6 is 0 Å². The summed E-state index contributed by atoms with van der Waals surface area (Å²) < 4.78 is 5.43. The third-order valence-corrected chi connectivity index (χ3v) is 3.45. The fraction of sp³-hybridized carbons (Fsp3) is 0.538. The summed E-state index contributed by atoms with van der Waals surface area (Å²) in [7, 11) is 0. The molecule has 1 aliphatic rings. The van der Waals surface area contributed by atoms with Crippen LogP contribution in [0, 0.1) is 0 Å². The van der Waals surface area contributed by atoms with Crippen LogP contribution in [0.3, 0.4) is 0 Å². The molecule has 6 nitrogen and oxygen atoms in total. The highest BCUT2D eigenvalue weighted by Gasteiger charge is 2.20. The van der Waals surface area contributed by atoms with Crippen molar-refractivity contribution in [1.29, 1.82) is 0 Å². The van der Waals surface area contributed by atoms with Crippen molar-refractivity contribution in [3.8, 4) is 11.4 Å². The molecule has 0 saturated carbocycles. The summed E-state index contributed by atoms with van der Waals surface area (Å²) in [5.41, 5.74) is 1.00. The second kappa shape index (κ2) is 5.05. The Morgan fingerprint density at radius 2 is 2.42 bits per heavy atom. The smallest absolute Gasteiger partial charge is 0.245 e. The maximum atomic E-state index is 5.43. The van der Waals surface area contributed by atoms with Crippen LogP contribution in [0.25, 0.3) is 11.4 Å². The molecule has 1 fully saturated rings. The van der Waals surface area contributed by atoms with Gasteiger partial charge in [0.2, 0.25) is 5.95 Å². The van der Waals surface area contributed by atoms with Crippen molar-refractivity contribution in [3.63, 3.8) is 0 Å². The van der Waals surface area contributed by atoms with Gasteiger partial charge in [-0.15, -0.1) is 5.10 Å². The van der Waals surface area contributed by atoms with Gasteiger partial charge < -0.3 is 14.6 Å². The summed E-state index contributed by atoms with van der Waals surface area (Å²) in [4.78, 5) is 6.79. The van der Waals surface area contributed by atoms with Crippen LogP contribution < -0.4 is 10.2 Å². The largest absolute Gasteiger partial charge is 0.469 e. The number of rotatable bonds is 3. The van der Waals surface area contributed by atoms with Crippen molar-refractivity contribution in [2.75, 3.05) is 24.5 Å². The molecule has 3 heterocycles. The van der Waals surface area contributed by atoms with E-state index in [9.17, 15) is 0 Å². The lowest BCUT2D eigenvalue weighted by Crippen LogP contribution is -2.49. The maximum absolute atomic E-state index is 5.43. The van der Waals surface area contributed by atoms with Crippen molar-refractivity contribution in [2.24, 2.45) is 0 Å². The van der Waals surface area contributed by atoms with Gasteiger partial charge in [0, 0.05) is 32.1 Å². The highest BCUT2D eigenvalue weighted by Crippen LogP contribution is 2.23. The fourth-order valence-electron chi connectivity index (χ4n) is 2.45. The molecular formula is C13H19N5O. The molecule has 3 rings (SSSR count). The molecule has 19 heavy (non-hydrogen) atoms. The second-order valence-electron chi connectivity index (χ2n) is 4.90. The summed E-state index contributed by atoms with van der Waals surface area (Å²) >= 11 is 0. The van der Waals surface area contributed by atoms with Crippen LogP contribution in [0.2, 0.25) is 0 Å². The number of hydrogen-bond acceptors (Lipinski definition) is 5. The Morgan fingerprint density at radius 1 is 1.53 bits per heavy atom. The van der Waals surface area contributed by atoms with Gasteiger partial charge in [0.05, 0.1) is 11.8 Å². The summed E-state index contributed by atoms with van der Waals surface area (Å²) in [5, 5.41) is 10.7. The van der Waals surface area contributed by atoms with Gasteiger partial charge in [-0.25, -0.2) is 0 Å². The predicted octanol–water partition coefficient (Wildman–Crippen LogP) is 1.43. The van der Waals surface area contributed by atoms with Gasteiger partial charge in [-0.05, 0) is 13.0 Å². The first-order valence-electron chi connectivity index (χ1n) is 6.75. The topological polar surface area (TPSA) is 70.0 Å². The number of furan rings is 1. The molecule has 102 valence electrons. The van der Waals surface area contributed by atoms with Crippen LogP contribution in [0.1, 0.15) is 19.6 Å². The summed E-state index contributed by atoms with van der Waals surface area (Å²) in [6.07, 6.45) is 2.55. The maximum Gasteiger partial charge on any atom is 0.245 e. The van der Waals surface area contributed by atoms with Crippen molar-refractivity contribution in [2.45, 2.75) is 26.3 Å². The molecule has 1 aliphatic heterocycles. The van der Waals surface area contributed by atoms with Gasteiger partial charge >= 0.3 is 0 Å². The second-order valence-corrected chi connectivity index (χ2v) is 4.90. The van der Waals surface area contributed by atoms with Crippen molar-refractivity contribution in [1.82, 2.24) is 20.5 Å². The minimum Gasteiger partial charge on any atom is -0.469 e. The number of piperazine rings is 1. The number of nitrogens with zero attached hydrogens (tertiary/aromatic N) is 3. The van der Waals surface area contributed by atoms with E-state index in [4.69, 9.17) is 4.42 Å². The Bertz CT molecular complexity index is 547. The molecule has 1 saturated heterocycles. The first-order valence-corrected chi connectivity index (χ1v) is 6.75. The molecule has 0 spiro atoms. The minimum atomic E-state index is 0.468. The van der Waals surface area contributed by atoms with E-state index < -0.39 is 0 Å². The first-order chi connectivity index (χ1) is 9.28. The summed E-state index contributed by atoms with van der Waals surface area (Å²) in [5.74, 6) is 2.50. The SMILES string of the molecule is CCc1occc1-c1nc(N2CCN[C@@H](C)C2)n[nH]1. The van der Waals surface area contributed by atoms with Crippen LogP contribution in [-0.2, 0) is 6.42 Å². The van der Waals surface area contributed by atoms with E-state index in [1.807, 2.05) is 6.07 Å². The van der Waals surface area contributed by atoms with E-state index in [0.717, 1.165) is 49.2 Å². The Morgan fingerprint density at radius 3 is 3.21 bits per heavy atom. The number of aromatic nitrogens is 3. The van der Waals surface area contributed by atoms with E-state index in [1.165, 1.54) is 0 Å². The fourth-order valence-corrected chi connectivity index (χ4v) is 2.45. The molecule has 6 heteroatoms. The van der Waals surface area contributed by atoms with Gasteiger partial charge in [0.15, 0.2) is 5.82 Å².